The Morgan fingerprint density at radius 1 is 1.09 bits per heavy atom. The molecule has 1 N–H and O–H groups in total. The molecule has 33 heavy (non-hydrogen) atoms. The Kier molecular flexibility index (Phi) is 8.12. The van der Waals surface area contributed by atoms with E-state index in [9.17, 15) is 9.90 Å². The van der Waals surface area contributed by atoms with Gasteiger partial charge in [-0.2, -0.15) is 0 Å². The fraction of sp³-hybridized carbons (Fsp3) is 0.259. The van der Waals surface area contributed by atoms with Crippen LogP contribution in [0, 0.1) is 13.8 Å². The lowest BCUT2D eigenvalue weighted by atomic mass is 9.95. The molecular weight excluding hydrogens is 438 g/mol. The van der Waals surface area contributed by atoms with Crippen LogP contribution in [0.3, 0.4) is 0 Å². The van der Waals surface area contributed by atoms with Crippen LogP contribution in [0.2, 0.25) is 5.02 Å². The first-order valence-electron chi connectivity index (χ1n) is 10.8. The van der Waals surface area contributed by atoms with Crippen molar-refractivity contribution >= 4 is 23.1 Å². The van der Waals surface area contributed by atoms with Crippen molar-refractivity contribution in [3.8, 4) is 17.4 Å². The molecule has 0 unspecified atom stereocenters. The molecule has 0 aliphatic rings. The lowest BCUT2D eigenvalue weighted by Crippen LogP contribution is -2.02. The van der Waals surface area contributed by atoms with E-state index in [2.05, 4.69) is 17.1 Å². The first kappa shape index (κ1) is 24.3. The van der Waals surface area contributed by atoms with Crippen molar-refractivity contribution in [2.45, 2.75) is 47.1 Å². The number of rotatable bonds is 9. The topological polar surface area (TPSA) is 68.7 Å². The highest BCUT2D eigenvalue weighted by molar-refractivity contribution is 6.32. The summed E-state index contributed by atoms with van der Waals surface area (Å²) in [5.41, 5.74) is 4.97. The second kappa shape index (κ2) is 11.0. The minimum Gasteiger partial charge on any atom is -0.487 e. The molecule has 0 amide bonds. The van der Waals surface area contributed by atoms with Crippen LogP contribution in [0.25, 0.3) is 5.57 Å². The molecule has 3 aromatic rings. The van der Waals surface area contributed by atoms with Crippen LogP contribution < -0.4 is 9.47 Å². The Balaban J connectivity index is 1.74. The van der Waals surface area contributed by atoms with E-state index >= 15 is 0 Å². The van der Waals surface area contributed by atoms with E-state index in [1.807, 2.05) is 39.0 Å². The molecule has 0 fully saturated rings. The van der Waals surface area contributed by atoms with Gasteiger partial charge in [0.1, 0.15) is 12.4 Å². The van der Waals surface area contributed by atoms with E-state index < -0.39 is 5.97 Å². The Hall–Kier alpha value is -3.31. The van der Waals surface area contributed by atoms with Crippen molar-refractivity contribution in [1.29, 1.82) is 0 Å². The Morgan fingerprint density at radius 2 is 1.82 bits per heavy atom. The molecule has 6 heteroatoms. The first-order valence-corrected chi connectivity index (χ1v) is 11.2. The second-order valence-corrected chi connectivity index (χ2v) is 8.38. The summed E-state index contributed by atoms with van der Waals surface area (Å²) in [6, 6.07) is 15.3. The van der Waals surface area contributed by atoms with Gasteiger partial charge in [-0.25, -0.2) is 9.78 Å². The minimum atomic E-state index is -0.929. The third-order valence-electron chi connectivity index (χ3n) is 5.29. The fourth-order valence-electron chi connectivity index (χ4n) is 3.43. The Morgan fingerprint density at radius 3 is 2.39 bits per heavy atom. The number of carboxylic acid groups (broad SMARTS) is 1. The summed E-state index contributed by atoms with van der Waals surface area (Å²) < 4.78 is 11.7. The molecule has 3 rings (SSSR count). The number of ether oxygens (including phenoxy) is 2. The van der Waals surface area contributed by atoms with Crippen LogP contribution >= 0.6 is 11.6 Å². The summed E-state index contributed by atoms with van der Waals surface area (Å²) in [6.45, 7) is 8.02. The van der Waals surface area contributed by atoms with Crippen molar-refractivity contribution < 1.29 is 19.4 Å². The molecule has 0 saturated heterocycles. The zero-order chi connectivity index (χ0) is 24.0. The summed E-state index contributed by atoms with van der Waals surface area (Å²) in [5, 5.41) is 9.83. The zero-order valence-electron chi connectivity index (χ0n) is 19.3. The summed E-state index contributed by atoms with van der Waals surface area (Å²) in [7, 11) is 0. The smallest absolute Gasteiger partial charge is 0.331 e. The van der Waals surface area contributed by atoms with Gasteiger partial charge in [-0.15, -0.1) is 0 Å². The molecule has 0 atom stereocenters. The van der Waals surface area contributed by atoms with E-state index in [4.69, 9.17) is 21.1 Å². The average molecular weight is 466 g/mol. The number of carbonyl (C=O) groups is 1. The number of allylic oxidation sites excluding steroid dienone is 1. The van der Waals surface area contributed by atoms with Crippen LogP contribution in [0.5, 0.6) is 17.4 Å². The monoisotopic (exact) mass is 465 g/mol. The maximum Gasteiger partial charge on any atom is 0.331 e. The highest BCUT2D eigenvalue weighted by atomic mass is 35.5. The molecule has 172 valence electrons. The van der Waals surface area contributed by atoms with Crippen LogP contribution in [-0.4, -0.2) is 16.1 Å². The second-order valence-electron chi connectivity index (χ2n) is 7.97. The van der Waals surface area contributed by atoms with Crippen LogP contribution in [0.4, 0.5) is 0 Å². The summed E-state index contributed by atoms with van der Waals surface area (Å²) in [6.07, 6.45) is 3.09. The number of benzene rings is 2. The quantitative estimate of drug-likeness (QED) is 0.334. The molecule has 0 aliphatic heterocycles. The van der Waals surface area contributed by atoms with Gasteiger partial charge in [0, 0.05) is 11.6 Å². The number of hydrogen-bond acceptors (Lipinski definition) is 4. The SMILES string of the molecule is CCCC(=C(C)C(=O)O)c1cc(C)c(Oc2ccc(OCc3ccc(C)cc3)cn2)c(Cl)c1. The van der Waals surface area contributed by atoms with Gasteiger partial charge in [0.25, 0.3) is 0 Å². The Labute approximate surface area is 199 Å². The third-order valence-corrected chi connectivity index (χ3v) is 5.57. The van der Waals surface area contributed by atoms with Crippen LogP contribution in [0.15, 0.2) is 60.3 Å². The highest BCUT2D eigenvalue weighted by Crippen LogP contribution is 2.37. The van der Waals surface area contributed by atoms with Crippen LogP contribution in [0.1, 0.15) is 48.9 Å². The molecule has 1 heterocycles. The van der Waals surface area contributed by atoms with E-state index in [1.54, 1.807) is 31.3 Å². The summed E-state index contributed by atoms with van der Waals surface area (Å²) in [4.78, 5) is 15.8. The molecule has 0 saturated carbocycles. The van der Waals surface area contributed by atoms with Crippen molar-refractivity contribution in [2.24, 2.45) is 0 Å². The molecule has 1 aromatic heterocycles. The number of aliphatic carboxylic acids is 1. The molecule has 0 aliphatic carbocycles. The van der Waals surface area contributed by atoms with E-state index in [-0.39, 0.29) is 0 Å². The predicted octanol–water partition coefficient (Wildman–Crippen LogP) is 7.38. The first-order chi connectivity index (χ1) is 15.8. The fourth-order valence-corrected chi connectivity index (χ4v) is 3.73. The summed E-state index contributed by atoms with van der Waals surface area (Å²) >= 11 is 6.53. The van der Waals surface area contributed by atoms with Crippen molar-refractivity contribution in [1.82, 2.24) is 4.98 Å². The number of nitrogens with zero attached hydrogens (tertiary/aromatic N) is 1. The van der Waals surface area contributed by atoms with Gasteiger partial charge in [0.2, 0.25) is 5.88 Å². The number of halogens is 1. The van der Waals surface area contributed by atoms with Crippen LogP contribution in [-0.2, 0) is 11.4 Å². The molecule has 2 aromatic carbocycles. The number of carboxylic acids is 1. The standard InChI is InChI=1S/C27H28ClNO4/c1-5-6-23(19(4)27(30)31)21-13-18(3)26(24(28)14-21)33-25-12-11-22(15-29-25)32-16-20-9-7-17(2)8-10-20/h7-15H,5-6,16H2,1-4H3,(H,30,31). The van der Waals surface area contributed by atoms with Crippen molar-refractivity contribution in [3.05, 3.63) is 87.6 Å². The van der Waals surface area contributed by atoms with Gasteiger partial charge in [-0.3, -0.25) is 0 Å². The molecule has 0 radical (unpaired) electrons. The van der Waals surface area contributed by atoms with Gasteiger partial charge in [-0.05, 0) is 67.7 Å². The largest absolute Gasteiger partial charge is 0.487 e. The molecule has 0 bridgehead atoms. The van der Waals surface area contributed by atoms with Gasteiger partial charge in [0.15, 0.2) is 5.75 Å². The lowest BCUT2D eigenvalue weighted by Gasteiger charge is -2.15. The van der Waals surface area contributed by atoms with Crippen molar-refractivity contribution in [2.75, 3.05) is 0 Å². The molecule has 0 spiro atoms. The van der Waals surface area contributed by atoms with E-state index in [0.717, 1.165) is 28.7 Å². The van der Waals surface area contributed by atoms with E-state index in [0.29, 0.717) is 41.0 Å². The number of aromatic nitrogens is 1. The van der Waals surface area contributed by atoms with Gasteiger partial charge in [0.05, 0.1) is 11.2 Å². The van der Waals surface area contributed by atoms with Crippen molar-refractivity contribution in [3.63, 3.8) is 0 Å². The molecule has 5 nitrogen and oxygen atoms in total. The lowest BCUT2D eigenvalue weighted by molar-refractivity contribution is -0.132. The maximum absolute atomic E-state index is 11.5. The number of pyridine rings is 1. The predicted molar refractivity (Wildman–Crippen MR) is 131 cm³/mol. The number of aryl methyl sites for hydroxylation is 2. The molecular formula is C27H28ClNO4. The maximum atomic E-state index is 11.5. The summed E-state index contributed by atoms with van der Waals surface area (Å²) in [5.74, 6) is 0.590. The van der Waals surface area contributed by atoms with E-state index in [1.165, 1.54) is 5.56 Å². The third kappa shape index (κ3) is 6.36. The number of hydrogen-bond donors (Lipinski definition) is 1. The Bertz CT molecular complexity index is 1130. The minimum absolute atomic E-state index is 0.323. The normalized spacial score (nSPS) is 11.7. The highest BCUT2D eigenvalue weighted by Gasteiger charge is 2.16. The zero-order valence-corrected chi connectivity index (χ0v) is 20.1. The van der Waals surface area contributed by atoms with Gasteiger partial charge < -0.3 is 14.6 Å². The van der Waals surface area contributed by atoms with Gasteiger partial charge in [-0.1, -0.05) is 54.8 Å². The average Bonchev–Trinajstić information content (AvgIpc) is 2.79. The van der Waals surface area contributed by atoms with Gasteiger partial charge >= 0.3 is 5.97 Å².